The number of para-hydroxylation sites is 1. The van der Waals surface area contributed by atoms with Crippen molar-refractivity contribution < 1.29 is 18.7 Å². The molecule has 7 heteroatoms. The van der Waals surface area contributed by atoms with Crippen LogP contribution < -0.4 is 4.74 Å². The molecule has 1 fully saturated rings. The van der Waals surface area contributed by atoms with Crippen molar-refractivity contribution in [3.8, 4) is 22.7 Å². The lowest BCUT2D eigenvalue weighted by Gasteiger charge is -2.35. The lowest BCUT2D eigenvalue weighted by atomic mass is 10.1. The third-order valence-corrected chi connectivity index (χ3v) is 7.11. The molecule has 0 radical (unpaired) electrons. The highest BCUT2D eigenvalue weighted by atomic mass is 19.1. The molecule has 3 aromatic carbocycles. The van der Waals surface area contributed by atoms with Crippen molar-refractivity contribution in [1.29, 1.82) is 0 Å². The van der Waals surface area contributed by atoms with Gasteiger partial charge in [0.05, 0.1) is 24.1 Å². The van der Waals surface area contributed by atoms with Crippen LogP contribution in [0.3, 0.4) is 0 Å². The fourth-order valence-corrected chi connectivity index (χ4v) is 4.90. The van der Waals surface area contributed by atoms with E-state index in [-0.39, 0.29) is 17.6 Å². The molecule has 0 N–H and O–H groups in total. The zero-order valence-corrected chi connectivity index (χ0v) is 21.8. The summed E-state index contributed by atoms with van der Waals surface area (Å²) >= 11 is 0. The van der Waals surface area contributed by atoms with Crippen LogP contribution in [0.1, 0.15) is 32.0 Å². The smallest absolute Gasteiger partial charge is 0.255 e. The second-order valence-electron chi connectivity index (χ2n) is 9.49. The van der Waals surface area contributed by atoms with E-state index in [1.54, 1.807) is 39.7 Å². The number of rotatable bonds is 5. The van der Waals surface area contributed by atoms with Crippen LogP contribution in [0.15, 0.2) is 78.9 Å². The molecule has 5 rings (SSSR count). The van der Waals surface area contributed by atoms with E-state index in [0.717, 1.165) is 11.1 Å². The van der Waals surface area contributed by atoms with Gasteiger partial charge in [-0.2, -0.15) is 0 Å². The monoisotopic (exact) mass is 511 g/mol. The van der Waals surface area contributed by atoms with Gasteiger partial charge in [-0.25, -0.2) is 4.39 Å². The Kier molecular flexibility index (Phi) is 7.01. The molecule has 2 amide bonds. The largest absolute Gasteiger partial charge is 0.497 e. The van der Waals surface area contributed by atoms with E-state index >= 15 is 0 Å². The van der Waals surface area contributed by atoms with Crippen molar-refractivity contribution in [2.24, 2.45) is 0 Å². The van der Waals surface area contributed by atoms with Crippen LogP contribution in [0.2, 0.25) is 0 Å². The Labute approximate surface area is 221 Å². The molecular formula is C31H30FN3O3. The van der Waals surface area contributed by atoms with Gasteiger partial charge in [0.1, 0.15) is 11.6 Å². The molecule has 4 aromatic rings. The molecule has 1 aromatic heterocycles. The minimum absolute atomic E-state index is 0.0271. The number of aromatic nitrogens is 1. The van der Waals surface area contributed by atoms with Crippen molar-refractivity contribution in [3.63, 3.8) is 0 Å². The summed E-state index contributed by atoms with van der Waals surface area (Å²) in [6, 6.07) is 23.4. The summed E-state index contributed by atoms with van der Waals surface area (Å²) in [4.78, 5) is 30.2. The normalized spacial score (nSPS) is 13.5. The number of amides is 2. The zero-order valence-electron chi connectivity index (χ0n) is 21.8. The highest BCUT2D eigenvalue weighted by Gasteiger charge is 2.29. The highest BCUT2D eigenvalue weighted by Crippen LogP contribution is 2.32. The molecule has 0 spiro atoms. The second kappa shape index (κ2) is 10.5. The summed E-state index contributed by atoms with van der Waals surface area (Å²) in [5.74, 6) is 0.183. The molecular weight excluding hydrogens is 481 g/mol. The summed E-state index contributed by atoms with van der Waals surface area (Å²) in [7, 11) is 1.60. The number of carbonyl (C=O) groups is 2. The average molecular weight is 512 g/mol. The predicted octanol–water partition coefficient (Wildman–Crippen LogP) is 5.51. The molecule has 0 bridgehead atoms. The van der Waals surface area contributed by atoms with Crippen LogP contribution >= 0.6 is 0 Å². The summed E-state index contributed by atoms with van der Waals surface area (Å²) < 4.78 is 22.0. The summed E-state index contributed by atoms with van der Waals surface area (Å²) in [6.45, 7) is 5.59. The van der Waals surface area contributed by atoms with Gasteiger partial charge < -0.3 is 19.1 Å². The van der Waals surface area contributed by atoms with Crippen molar-refractivity contribution >= 4 is 11.8 Å². The Morgan fingerprint density at radius 2 is 1.39 bits per heavy atom. The molecule has 0 unspecified atom stereocenters. The van der Waals surface area contributed by atoms with Crippen molar-refractivity contribution in [2.75, 3.05) is 33.3 Å². The maximum Gasteiger partial charge on any atom is 0.255 e. The van der Waals surface area contributed by atoms with Gasteiger partial charge in [0.15, 0.2) is 0 Å². The fraction of sp³-hybridized carbons (Fsp3) is 0.226. The fourth-order valence-electron chi connectivity index (χ4n) is 4.90. The minimum Gasteiger partial charge on any atom is -0.497 e. The summed E-state index contributed by atoms with van der Waals surface area (Å²) in [5, 5.41) is 0. The maximum atomic E-state index is 14.9. The number of methoxy groups -OCH3 is 1. The molecule has 1 aliphatic rings. The molecule has 38 heavy (non-hydrogen) atoms. The summed E-state index contributed by atoms with van der Waals surface area (Å²) in [6.07, 6.45) is 0. The van der Waals surface area contributed by atoms with Crippen molar-refractivity contribution in [3.05, 3.63) is 107 Å². The molecule has 6 nitrogen and oxygen atoms in total. The Morgan fingerprint density at radius 1 is 0.789 bits per heavy atom. The van der Waals surface area contributed by atoms with Crippen LogP contribution in [-0.4, -0.2) is 59.5 Å². The number of hydrogen-bond acceptors (Lipinski definition) is 3. The molecule has 0 aliphatic carbocycles. The first-order valence-electron chi connectivity index (χ1n) is 12.6. The van der Waals surface area contributed by atoms with Gasteiger partial charge in [-0.1, -0.05) is 29.8 Å². The van der Waals surface area contributed by atoms with Gasteiger partial charge in [-0.05, 0) is 74.0 Å². The Bertz CT molecular complexity index is 1470. The first kappa shape index (κ1) is 25.3. The lowest BCUT2D eigenvalue weighted by Crippen LogP contribution is -2.50. The van der Waals surface area contributed by atoms with Crippen molar-refractivity contribution in [1.82, 2.24) is 14.4 Å². The highest BCUT2D eigenvalue weighted by molar-refractivity contribution is 5.98. The van der Waals surface area contributed by atoms with E-state index in [9.17, 15) is 14.0 Å². The second-order valence-corrected chi connectivity index (χ2v) is 9.49. The first-order valence-corrected chi connectivity index (χ1v) is 12.6. The molecule has 2 heterocycles. The first-order chi connectivity index (χ1) is 18.4. The Morgan fingerprint density at radius 3 is 2.00 bits per heavy atom. The molecule has 1 saturated heterocycles. The van der Waals surface area contributed by atoms with Crippen LogP contribution in [0, 0.1) is 19.7 Å². The van der Waals surface area contributed by atoms with Gasteiger partial charge in [0.2, 0.25) is 0 Å². The summed E-state index contributed by atoms with van der Waals surface area (Å²) in [5.41, 5.74) is 4.85. The SMILES string of the molecule is COc1ccc(-c2cc(C(=O)N3CCN(C(=O)c4ccc(C)cc4)CC3)c(C)n2-c2ccccc2F)cc1. The lowest BCUT2D eigenvalue weighted by molar-refractivity contribution is 0.0535. The standard InChI is InChI=1S/C31H30FN3O3/c1-21-8-10-24(11-9-21)30(36)33-16-18-34(19-17-33)31(37)26-20-29(23-12-14-25(38-3)15-13-23)35(22(26)2)28-7-5-4-6-27(28)32/h4-15,20H,16-19H2,1-3H3. The Hall–Kier alpha value is -4.39. The minimum atomic E-state index is -0.372. The van der Waals surface area contributed by atoms with Crippen LogP contribution in [0.4, 0.5) is 4.39 Å². The van der Waals surface area contributed by atoms with Crippen LogP contribution in [0.25, 0.3) is 16.9 Å². The number of aryl methyl sites for hydroxylation is 1. The van der Waals surface area contributed by atoms with E-state index in [2.05, 4.69) is 0 Å². The number of piperazine rings is 1. The van der Waals surface area contributed by atoms with Gasteiger partial charge in [0.25, 0.3) is 11.8 Å². The number of carbonyl (C=O) groups excluding carboxylic acids is 2. The number of ether oxygens (including phenoxy) is 1. The van der Waals surface area contributed by atoms with Gasteiger partial charge in [0, 0.05) is 37.4 Å². The van der Waals surface area contributed by atoms with Gasteiger partial charge in [-0.3, -0.25) is 9.59 Å². The van der Waals surface area contributed by atoms with E-state index < -0.39 is 0 Å². The number of hydrogen-bond donors (Lipinski definition) is 0. The zero-order chi connectivity index (χ0) is 26.8. The van der Waals surface area contributed by atoms with E-state index in [4.69, 9.17) is 4.74 Å². The van der Waals surface area contributed by atoms with Crippen LogP contribution in [0.5, 0.6) is 5.75 Å². The number of halogens is 1. The third kappa shape index (κ3) is 4.79. The van der Waals surface area contributed by atoms with Gasteiger partial charge in [-0.15, -0.1) is 0 Å². The number of benzene rings is 3. The van der Waals surface area contributed by atoms with Crippen molar-refractivity contribution in [2.45, 2.75) is 13.8 Å². The Balaban J connectivity index is 1.42. The maximum absolute atomic E-state index is 14.9. The van der Waals surface area contributed by atoms with E-state index in [1.807, 2.05) is 68.4 Å². The van der Waals surface area contributed by atoms with Gasteiger partial charge >= 0.3 is 0 Å². The molecule has 0 saturated carbocycles. The third-order valence-electron chi connectivity index (χ3n) is 7.11. The topological polar surface area (TPSA) is 54.8 Å². The average Bonchev–Trinajstić information content (AvgIpc) is 3.29. The van der Waals surface area contributed by atoms with E-state index in [1.165, 1.54) is 6.07 Å². The quantitative estimate of drug-likeness (QED) is 0.355. The number of nitrogens with zero attached hydrogens (tertiary/aromatic N) is 3. The molecule has 0 atom stereocenters. The molecule has 194 valence electrons. The van der Waals surface area contributed by atoms with E-state index in [0.29, 0.717) is 60.1 Å². The van der Waals surface area contributed by atoms with Crippen LogP contribution in [-0.2, 0) is 0 Å². The molecule has 1 aliphatic heterocycles. The predicted molar refractivity (Wildman–Crippen MR) is 145 cm³/mol.